The van der Waals surface area contributed by atoms with Crippen molar-refractivity contribution in [3.8, 4) is 0 Å². The predicted molar refractivity (Wildman–Crippen MR) is 58.3 cm³/mol. The van der Waals surface area contributed by atoms with Crippen LogP contribution in [0.3, 0.4) is 0 Å². The zero-order valence-electron chi connectivity index (χ0n) is 9.72. The summed E-state index contributed by atoms with van der Waals surface area (Å²) in [6.45, 7) is 12.8. The number of ether oxygens (including phenoxy) is 1. The molecule has 1 heteroatoms. The summed E-state index contributed by atoms with van der Waals surface area (Å²) in [5.41, 5.74) is 2.54. The third-order valence-corrected chi connectivity index (χ3v) is 2.33. The lowest BCUT2D eigenvalue weighted by Crippen LogP contribution is -1.91. The number of rotatable bonds is 4. The molecule has 0 rings (SSSR count). The van der Waals surface area contributed by atoms with E-state index in [-0.39, 0.29) is 0 Å². The van der Waals surface area contributed by atoms with Crippen LogP contribution >= 0.6 is 0 Å². The van der Waals surface area contributed by atoms with Gasteiger partial charge in [-0.05, 0) is 36.8 Å². The van der Waals surface area contributed by atoms with E-state index < -0.39 is 0 Å². The fourth-order valence-corrected chi connectivity index (χ4v) is 0.521. The van der Waals surface area contributed by atoms with Crippen LogP contribution in [0.15, 0.2) is 23.7 Å². The lowest BCUT2D eigenvalue weighted by Gasteiger charge is -2.06. The highest BCUT2D eigenvalue weighted by molar-refractivity contribution is 5.00. The van der Waals surface area contributed by atoms with Gasteiger partial charge >= 0.3 is 0 Å². The highest BCUT2D eigenvalue weighted by Gasteiger charge is 1.97. The van der Waals surface area contributed by atoms with Gasteiger partial charge in [-0.15, -0.1) is 0 Å². The van der Waals surface area contributed by atoms with Gasteiger partial charge in [0.25, 0.3) is 0 Å². The second kappa shape index (κ2) is 5.85. The number of allylic oxidation sites excluding steroid dienone is 2. The van der Waals surface area contributed by atoms with Crippen LogP contribution in [0.5, 0.6) is 0 Å². The van der Waals surface area contributed by atoms with Gasteiger partial charge in [0, 0.05) is 0 Å². The fourth-order valence-electron chi connectivity index (χ4n) is 0.521. The molecule has 0 aromatic heterocycles. The molecule has 0 aliphatic heterocycles. The molecular weight excluding hydrogens is 160 g/mol. The van der Waals surface area contributed by atoms with E-state index in [1.807, 2.05) is 12.5 Å². The Bertz CT molecular complexity index is 175. The zero-order chi connectivity index (χ0) is 10.4. The maximum atomic E-state index is 5.36. The minimum Gasteiger partial charge on any atom is -0.473 e. The van der Waals surface area contributed by atoms with Crippen LogP contribution in [0.25, 0.3) is 0 Å². The Morgan fingerprint density at radius 3 is 1.38 bits per heavy atom. The van der Waals surface area contributed by atoms with E-state index in [0.717, 1.165) is 0 Å². The molecule has 0 aliphatic rings. The van der Waals surface area contributed by atoms with E-state index >= 15 is 0 Å². The summed E-state index contributed by atoms with van der Waals surface area (Å²) < 4.78 is 5.36. The summed E-state index contributed by atoms with van der Waals surface area (Å²) in [5, 5.41) is 0. The molecule has 76 valence electrons. The Kier molecular flexibility index (Phi) is 5.52. The van der Waals surface area contributed by atoms with Crippen LogP contribution in [0.4, 0.5) is 0 Å². The van der Waals surface area contributed by atoms with Crippen molar-refractivity contribution in [2.45, 2.75) is 41.5 Å². The molecule has 0 saturated carbocycles. The van der Waals surface area contributed by atoms with Gasteiger partial charge in [-0.1, -0.05) is 27.7 Å². The molecule has 0 fully saturated rings. The number of hydrogen-bond acceptors (Lipinski definition) is 1. The maximum absolute atomic E-state index is 5.36. The van der Waals surface area contributed by atoms with E-state index in [4.69, 9.17) is 4.74 Å². The second-order valence-corrected chi connectivity index (χ2v) is 4.17. The van der Waals surface area contributed by atoms with Crippen molar-refractivity contribution >= 4 is 0 Å². The Labute approximate surface area is 82.5 Å². The minimum atomic E-state index is 0.563. The predicted octanol–water partition coefficient (Wildman–Crippen LogP) is 4.12. The van der Waals surface area contributed by atoms with Crippen molar-refractivity contribution in [3.63, 3.8) is 0 Å². The quantitative estimate of drug-likeness (QED) is 0.594. The van der Waals surface area contributed by atoms with Gasteiger partial charge in [0.1, 0.15) is 0 Å². The molecule has 0 aromatic rings. The summed E-state index contributed by atoms with van der Waals surface area (Å²) in [6.07, 6.45) is 3.66. The topological polar surface area (TPSA) is 9.23 Å². The van der Waals surface area contributed by atoms with Gasteiger partial charge < -0.3 is 4.74 Å². The average molecular weight is 182 g/mol. The Morgan fingerprint density at radius 2 is 1.15 bits per heavy atom. The first-order chi connectivity index (χ1) is 5.95. The van der Waals surface area contributed by atoms with Crippen molar-refractivity contribution in [2.24, 2.45) is 11.8 Å². The van der Waals surface area contributed by atoms with Crippen molar-refractivity contribution in [2.75, 3.05) is 0 Å². The Balaban J connectivity index is 4.04. The number of hydrogen-bond donors (Lipinski definition) is 0. The zero-order valence-corrected chi connectivity index (χ0v) is 9.72. The molecule has 0 bridgehead atoms. The molecule has 0 amide bonds. The summed E-state index contributed by atoms with van der Waals surface area (Å²) >= 11 is 0. The Hall–Kier alpha value is -0.720. The molecule has 1 nitrogen and oxygen atoms in total. The minimum absolute atomic E-state index is 0.563. The van der Waals surface area contributed by atoms with Gasteiger partial charge in [-0.2, -0.15) is 0 Å². The molecule has 13 heavy (non-hydrogen) atoms. The largest absolute Gasteiger partial charge is 0.473 e. The van der Waals surface area contributed by atoms with E-state index in [0.29, 0.717) is 11.8 Å². The highest BCUT2D eigenvalue weighted by Crippen LogP contribution is 2.10. The third kappa shape index (κ3) is 5.51. The molecule has 0 atom stereocenters. The summed E-state index contributed by atoms with van der Waals surface area (Å²) in [5.74, 6) is 1.13. The monoisotopic (exact) mass is 182 g/mol. The normalized spacial score (nSPS) is 14.2. The molecular formula is C12H22O. The van der Waals surface area contributed by atoms with Crippen LogP contribution in [0.2, 0.25) is 0 Å². The highest BCUT2D eigenvalue weighted by atomic mass is 16.5. The molecule has 0 saturated heterocycles. The van der Waals surface area contributed by atoms with Gasteiger partial charge in [0.15, 0.2) is 0 Å². The van der Waals surface area contributed by atoms with Gasteiger partial charge in [0.05, 0.1) is 12.5 Å². The Morgan fingerprint density at radius 1 is 0.846 bits per heavy atom. The van der Waals surface area contributed by atoms with Crippen molar-refractivity contribution < 1.29 is 4.74 Å². The summed E-state index contributed by atoms with van der Waals surface area (Å²) in [4.78, 5) is 0. The van der Waals surface area contributed by atoms with E-state index in [1.54, 1.807) is 0 Å². The maximum Gasteiger partial charge on any atom is 0.0893 e. The molecule has 0 N–H and O–H groups in total. The smallest absolute Gasteiger partial charge is 0.0893 e. The summed E-state index contributed by atoms with van der Waals surface area (Å²) in [6, 6.07) is 0. The van der Waals surface area contributed by atoms with Crippen LogP contribution in [-0.2, 0) is 4.74 Å². The van der Waals surface area contributed by atoms with Crippen molar-refractivity contribution in [1.29, 1.82) is 0 Å². The van der Waals surface area contributed by atoms with E-state index in [1.165, 1.54) is 11.1 Å². The van der Waals surface area contributed by atoms with Crippen LogP contribution in [0.1, 0.15) is 41.5 Å². The summed E-state index contributed by atoms with van der Waals surface area (Å²) in [7, 11) is 0. The van der Waals surface area contributed by atoms with Crippen molar-refractivity contribution in [1.82, 2.24) is 0 Å². The van der Waals surface area contributed by atoms with Gasteiger partial charge in [0.2, 0.25) is 0 Å². The average Bonchev–Trinajstić information content (AvgIpc) is 2.03. The molecule has 0 spiro atoms. The SMILES string of the molecule is CC(=COC=C(C)C(C)C)C(C)C. The first kappa shape index (κ1) is 12.3. The molecule has 0 heterocycles. The first-order valence-electron chi connectivity index (χ1n) is 4.94. The molecule has 0 radical (unpaired) electrons. The van der Waals surface area contributed by atoms with Crippen LogP contribution in [0, 0.1) is 11.8 Å². The van der Waals surface area contributed by atoms with Gasteiger partial charge in [-0.3, -0.25) is 0 Å². The van der Waals surface area contributed by atoms with Gasteiger partial charge in [-0.25, -0.2) is 0 Å². The first-order valence-corrected chi connectivity index (χ1v) is 4.94. The molecule has 0 aliphatic carbocycles. The van der Waals surface area contributed by atoms with E-state index in [2.05, 4.69) is 41.5 Å². The second-order valence-electron chi connectivity index (χ2n) is 4.17. The van der Waals surface area contributed by atoms with Crippen LogP contribution in [-0.4, -0.2) is 0 Å². The fraction of sp³-hybridized carbons (Fsp3) is 0.667. The lowest BCUT2D eigenvalue weighted by molar-refractivity contribution is 0.383. The lowest BCUT2D eigenvalue weighted by atomic mass is 10.1. The van der Waals surface area contributed by atoms with E-state index in [9.17, 15) is 0 Å². The molecule has 0 aromatic carbocycles. The third-order valence-electron chi connectivity index (χ3n) is 2.33. The van der Waals surface area contributed by atoms with Crippen LogP contribution < -0.4 is 0 Å². The van der Waals surface area contributed by atoms with Crippen molar-refractivity contribution in [3.05, 3.63) is 23.7 Å². The standard InChI is InChI=1S/C12H22O/c1-9(2)11(5)7-13-8-12(6)10(3)4/h7-10H,1-6H3. The molecule has 0 unspecified atom stereocenters.